The van der Waals surface area contributed by atoms with Crippen LogP contribution in [0.3, 0.4) is 0 Å². The maximum atomic E-state index is 11.4. The number of carbonyl (C=O) groups is 1. The lowest BCUT2D eigenvalue weighted by Gasteiger charge is -2.47. The number of hydrogen-bond acceptors (Lipinski definition) is 3. The molecule has 2 atom stereocenters. The van der Waals surface area contributed by atoms with Gasteiger partial charge in [-0.1, -0.05) is 54.5 Å². The number of allylic oxidation sites excluding steroid dienone is 1. The normalized spacial score (nSPS) is 22.0. The van der Waals surface area contributed by atoms with Gasteiger partial charge in [0, 0.05) is 23.0 Å². The molecule has 0 saturated heterocycles. The first kappa shape index (κ1) is 24.1. The Morgan fingerprint density at radius 3 is 2.21 bits per heavy atom. The Hall–Kier alpha value is -1.97. The van der Waals surface area contributed by atoms with E-state index in [0.29, 0.717) is 24.2 Å². The third-order valence-corrected chi connectivity index (χ3v) is 5.44. The third kappa shape index (κ3) is 4.71. The van der Waals surface area contributed by atoms with Crippen molar-refractivity contribution < 1.29 is 19.7 Å². The topological polar surface area (TPSA) is 66.8 Å². The Labute approximate surface area is 170 Å². The van der Waals surface area contributed by atoms with E-state index in [-0.39, 0.29) is 23.0 Å². The molecule has 0 radical (unpaired) electrons. The molecule has 0 spiro atoms. The summed E-state index contributed by atoms with van der Waals surface area (Å²) in [5.74, 6) is 0.158. The second-order valence-electron chi connectivity index (χ2n) is 8.55. The van der Waals surface area contributed by atoms with E-state index in [1.165, 1.54) is 0 Å². The third-order valence-electron chi connectivity index (χ3n) is 5.44. The highest BCUT2D eigenvalue weighted by Gasteiger charge is 2.47. The Morgan fingerprint density at radius 2 is 1.71 bits per heavy atom. The first-order valence-corrected chi connectivity index (χ1v) is 10.5. The summed E-state index contributed by atoms with van der Waals surface area (Å²) >= 11 is 0. The Kier molecular flexibility index (Phi) is 7.75. The van der Waals surface area contributed by atoms with Crippen LogP contribution in [0.25, 0.3) is 0 Å². The lowest BCUT2D eigenvalue weighted by atomic mass is 9.66. The van der Waals surface area contributed by atoms with Crippen LogP contribution < -0.4 is 4.74 Å². The Balaban J connectivity index is 0.000000921. The molecule has 0 fully saturated rings. The fourth-order valence-corrected chi connectivity index (χ4v) is 4.00. The van der Waals surface area contributed by atoms with E-state index in [1.54, 1.807) is 12.1 Å². The van der Waals surface area contributed by atoms with Gasteiger partial charge in [0.05, 0.1) is 0 Å². The fraction of sp³-hybridized carbons (Fsp3) is 0.625. The van der Waals surface area contributed by atoms with Gasteiger partial charge in [0.2, 0.25) is 0 Å². The smallest absolute Gasteiger partial charge is 0.331 e. The number of ether oxygens (including phenoxy) is 1. The van der Waals surface area contributed by atoms with Gasteiger partial charge in [-0.3, -0.25) is 0 Å². The van der Waals surface area contributed by atoms with Crippen molar-refractivity contribution in [1.82, 2.24) is 0 Å². The molecule has 0 bridgehead atoms. The van der Waals surface area contributed by atoms with Gasteiger partial charge in [0.1, 0.15) is 17.1 Å². The molecule has 1 aromatic carbocycles. The molecule has 2 N–H and O–H groups in total. The van der Waals surface area contributed by atoms with E-state index in [2.05, 4.69) is 20.8 Å². The van der Waals surface area contributed by atoms with Crippen LogP contribution in [0.15, 0.2) is 23.8 Å². The second kappa shape index (κ2) is 9.02. The molecule has 0 amide bonds. The highest BCUT2D eigenvalue weighted by atomic mass is 16.5. The Bertz CT molecular complexity index is 723. The Morgan fingerprint density at radius 1 is 1.14 bits per heavy atom. The molecular formula is C24H38O4. The molecule has 0 aromatic heterocycles. The molecule has 28 heavy (non-hydrogen) atoms. The summed E-state index contributed by atoms with van der Waals surface area (Å²) in [6, 6.07) is 3.81. The van der Waals surface area contributed by atoms with Crippen LogP contribution in [0.4, 0.5) is 0 Å². The molecule has 1 aliphatic carbocycles. The molecule has 1 aromatic rings. The van der Waals surface area contributed by atoms with Crippen LogP contribution in [0.2, 0.25) is 0 Å². The van der Waals surface area contributed by atoms with Crippen molar-refractivity contribution in [3.63, 3.8) is 0 Å². The second-order valence-corrected chi connectivity index (χ2v) is 8.55. The van der Waals surface area contributed by atoms with Gasteiger partial charge in [-0.15, -0.1) is 0 Å². The fourth-order valence-electron chi connectivity index (χ4n) is 4.00. The average molecular weight is 391 g/mol. The van der Waals surface area contributed by atoms with Crippen LogP contribution in [0.1, 0.15) is 92.2 Å². The van der Waals surface area contributed by atoms with Gasteiger partial charge < -0.3 is 14.9 Å². The van der Waals surface area contributed by atoms with Gasteiger partial charge in [0.25, 0.3) is 0 Å². The zero-order chi connectivity index (χ0) is 21.9. The highest BCUT2D eigenvalue weighted by Crippen LogP contribution is 2.54. The summed E-state index contributed by atoms with van der Waals surface area (Å²) in [6.45, 7) is 18.4. The zero-order valence-electron chi connectivity index (χ0n) is 19.0. The SMILES string of the molecule is CC.CC.CC(C)(C)c1cc(O)c2c(c1)OC(C)(C)C1CC=C(C(=O)O)CC21. The molecule has 2 aliphatic rings. The van der Waals surface area contributed by atoms with Gasteiger partial charge in [-0.05, 0) is 49.8 Å². The molecule has 4 heteroatoms. The minimum Gasteiger partial charge on any atom is -0.508 e. The first-order valence-electron chi connectivity index (χ1n) is 10.5. The number of aromatic hydroxyl groups is 1. The maximum absolute atomic E-state index is 11.4. The summed E-state index contributed by atoms with van der Waals surface area (Å²) in [5.41, 5.74) is 1.70. The standard InChI is InChI=1S/C20H26O4.2C2H6/c1-19(2,3)12-9-15(21)17-13-8-11(18(22)23)6-7-14(13)20(4,5)24-16(17)10-12;2*1-2/h6,9-10,13-14,21H,7-8H2,1-5H3,(H,22,23);2*1-2H3. The monoisotopic (exact) mass is 390 g/mol. The van der Waals surface area contributed by atoms with Crippen molar-refractivity contribution in [2.75, 3.05) is 0 Å². The van der Waals surface area contributed by atoms with E-state index in [1.807, 2.05) is 47.6 Å². The number of phenolic OH excluding ortho intramolecular Hbond substituents is 1. The number of hydrogen-bond donors (Lipinski definition) is 2. The zero-order valence-corrected chi connectivity index (χ0v) is 19.0. The van der Waals surface area contributed by atoms with Crippen LogP contribution in [-0.2, 0) is 10.2 Å². The molecular weight excluding hydrogens is 352 g/mol. The summed E-state index contributed by atoms with van der Waals surface area (Å²) in [6.07, 6.45) is 2.89. The van der Waals surface area contributed by atoms with Crippen molar-refractivity contribution in [2.45, 2.75) is 92.1 Å². The van der Waals surface area contributed by atoms with Gasteiger partial charge in [-0.2, -0.15) is 0 Å². The van der Waals surface area contributed by atoms with Gasteiger partial charge in [0.15, 0.2) is 0 Å². The van der Waals surface area contributed by atoms with E-state index in [9.17, 15) is 15.0 Å². The van der Waals surface area contributed by atoms with E-state index in [0.717, 1.165) is 11.1 Å². The lowest BCUT2D eigenvalue weighted by molar-refractivity contribution is -0.133. The van der Waals surface area contributed by atoms with Gasteiger partial charge in [-0.25, -0.2) is 4.79 Å². The minimum absolute atomic E-state index is 0.0335. The number of benzene rings is 1. The summed E-state index contributed by atoms with van der Waals surface area (Å²) < 4.78 is 6.26. The molecule has 158 valence electrons. The van der Waals surface area contributed by atoms with Crippen molar-refractivity contribution in [1.29, 1.82) is 0 Å². The average Bonchev–Trinajstić information content (AvgIpc) is 2.63. The van der Waals surface area contributed by atoms with E-state index < -0.39 is 11.6 Å². The summed E-state index contributed by atoms with van der Waals surface area (Å²) in [5, 5.41) is 20.1. The molecule has 1 heterocycles. The predicted octanol–water partition coefficient (Wildman–Crippen LogP) is 6.42. The summed E-state index contributed by atoms with van der Waals surface area (Å²) in [7, 11) is 0. The largest absolute Gasteiger partial charge is 0.508 e. The molecule has 3 rings (SSSR count). The predicted molar refractivity (Wildman–Crippen MR) is 115 cm³/mol. The molecule has 1 aliphatic heterocycles. The number of carboxylic acids is 1. The molecule has 2 unspecified atom stereocenters. The number of aliphatic carboxylic acids is 1. The minimum atomic E-state index is -0.870. The van der Waals surface area contributed by atoms with Crippen molar-refractivity contribution in [2.24, 2.45) is 5.92 Å². The van der Waals surface area contributed by atoms with Crippen LogP contribution in [0.5, 0.6) is 11.5 Å². The number of rotatable bonds is 1. The van der Waals surface area contributed by atoms with Crippen molar-refractivity contribution >= 4 is 5.97 Å². The first-order chi connectivity index (χ1) is 13.0. The summed E-state index contributed by atoms with van der Waals surface area (Å²) in [4.78, 5) is 11.4. The number of phenols is 1. The maximum Gasteiger partial charge on any atom is 0.331 e. The number of fused-ring (bicyclic) bond motifs is 3. The van der Waals surface area contributed by atoms with Crippen molar-refractivity contribution in [3.8, 4) is 11.5 Å². The van der Waals surface area contributed by atoms with Gasteiger partial charge >= 0.3 is 5.97 Å². The molecule has 0 saturated carbocycles. The van der Waals surface area contributed by atoms with Crippen LogP contribution in [-0.4, -0.2) is 21.8 Å². The van der Waals surface area contributed by atoms with E-state index >= 15 is 0 Å². The van der Waals surface area contributed by atoms with Crippen LogP contribution in [0, 0.1) is 5.92 Å². The van der Waals surface area contributed by atoms with Crippen LogP contribution >= 0.6 is 0 Å². The van der Waals surface area contributed by atoms with Crippen molar-refractivity contribution in [3.05, 3.63) is 34.9 Å². The lowest BCUT2D eigenvalue weighted by Crippen LogP contribution is -2.45. The molecule has 4 nitrogen and oxygen atoms in total. The highest BCUT2D eigenvalue weighted by molar-refractivity contribution is 5.87. The number of carboxylic acid groups (broad SMARTS) is 1. The quantitative estimate of drug-likeness (QED) is 0.581. The van der Waals surface area contributed by atoms with E-state index in [4.69, 9.17) is 4.74 Å².